The molecule has 0 unspecified atom stereocenters. The molecule has 5 nitrogen and oxygen atoms in total. The fourth-order valence-electron chi connectivity index (χ4n) is 1.08. The molecule has 20 heavy (non-hydrogen) atoms. The maximum absolute atomic E-state index is 11.5. The predicted octanol–water partition coefficient (Wildman–Crippen LogP) is 0.867. The molecule has 0 fully saturated rings. The Hall–Kier alpha value is -0.682. The molecule has 110 valence electrons. The van der Waals surface area contributed by atoms with E-state index in [1.165, 1.54) is 26.2 Å². The van der Waals surface area contributed by atoms with Gasteiger partial charge in [-0.2, -0.15) is 17.8 Å². The zero-order valence-electron chi connectivity index (χ0n) is 12.1. The van der Waals surface area contributed by atoms with Gasteiger partial charge in [-0.05, 0) is 19.1 Å². The summed E-state index contributed by atoms with van der Waals surface area (Å²) in [6.07, 6.45) is 3.85. The van der Waals surface area contributed by atoms with Crippen molar-refractivity contribution in [1.82, 2.24) is 10.4 Å². The van der Waals surface area contributed by atoms with Crippen molar-refractivity contribution in [3.8, 4) is 0 Å². The summed E-state index contributed by atoms with van der Waals surface area (Å²) in [5.41, 5.74) is 1.01. The standard InChI is InChI=1S/C9H13NO3S.C4H7N.Sb/c1-8-4-6-9(7-5-8)14(11,12)13-10(2)3;1-3-4-5-2;/h4-7H,1-3H3;1,3-5H,2H3;/q;;+1/b;4-3-;. The number of nitrogens with one attached hydrogen (secondary N) is 1. The van der Waals surface area contributed by atoms with Crippen LogP contribution in [0.4, 0.5) is 0 Å². The Balaban J connectivity index is 0.000000511. The average Bonchev–Trinajstić information content (AvgIpc) is 2.36. The van der Waals surface area contributed by atoms with E-state index < -0.39 is 10.1 Å². The second-order valence-corrected chi connectivity index (χ2v) is 6.33. The third-order valence-corrected chi connectivity index (χ3v) is 3.74. The smallest absolute Gasteiger partial charge is 0.192 e. The van der Waals surface area contributed by atoms with Gasteiger partial charge < -0.3 is 0 Å². The van der Waals surface area contributed by atoms with Gasteiger partial charge in [0.25, 0.3) is 0 Å². The van der Waals surface area contributed by atoms with Crippen molar-refractivity contribution in [2.24, 2.45) is 0 Å². The summed E-state index contributed by atoms with van der Waals surface area (Å²) in [6, 6.07) is 6.50. The predicted molar refractivity (Wildman–Crippen MR) is 83.2 cm³/mol. The van der Waals surface area contributed by atoms with Gasteiger partial charge in [-0.3, -0.25) is 0 Å². The molecule has 1 aromatic carbocycles. The summed E-state index contributed by atoms with van der Waals surface area (Å²) in [5.74, 6) is 0. The number of rotatable bonds is 5. The summed E-state index contributed by atoms with van der Waals surface area (Å²) >= 11 is 1.68. The van der Waals surface area contributed by atoms with Crippen molar-refractivity contribution in [3.63, 3.8) is 0 Å². The van der Waals surface area contributed by atoms with E-state index in [1.807, 2.05) is 30.2 Å². The van der Waals surface area contributed by atoms with E-state index in [4.69, 9.17) is 0 Å². The number of benzene rings is 1. The summed E-state index contributed by atoms with van der Waals surface area (Å²) in [5, 5.41) is 4.01. The molecule has 0 spiro atoms. The maximum atomic E-state index is 11.5. The number of nitrogens with zero attached hydrogens (tertiary/aromatic N) is 1. The Kier molecular flexibility index (Phi) is 9.76. The van der Waals surface area contributed by atoms with E-state index in [1.54, 1.807) is 34.7 Å². The number of aryl methyl sites for hydroxylation is 1. The first-order valence-corrected chi connectivity index (χ1v) is 8.70. The van der Waals surface area contributed by atoms with Crippen LogP contribution in [0.15, 0.2) is 41.4 Å². The maximum Gasteiger partial charge on any atom is 0.313 e. The van der Waals surface area contributed by atoms with Crippen molar-refractivity contribution in [3.05, 3.63) is 42.1 Å². The Bertz CT molecular complexity index is 525. The topological polar surface area (TPSA) is 58.6 Å². The van der Waals surface area contributed by atoms with Crippen LogP contribution in [0, 0.1) is 6.92 Å². The molecule has 0 saturated carbocycles. The van der Waals surface area contributed by atoms with Crippen LogP contribution in [0.1, 0.15) is 5.56 Å². The van der Waals surface area contributed by atoms with Crippen LogP contribution >= 0.6 is 0 Å². The van der Waals surface area contributed by atoms with E-state index in [0.29, 0.717) is 0 Å². The van der Waals surface area contributed by atoms with Crippen LogP contribution in [0.2, 0.25) is 0 Å². The first-order chi connectivity index (χ1) is 9.33. The second kappa shape index (κ2) is 10.1. The molecule has 0 bridgehead atoms. The van der Waals surface area contributed by atoms with Gasteiger partial charge in [0.2, 0.25) is 0 Å². The molecular formula is C13H20N2O3SSb+. The van der Waals surface area contributed by atoms with Crippen molar-refractivity contribution in [1.29, 1.82) is 0 Å². The van der Waals surface area contributed by atoms with E-state index >= 15 is 0 Å². The van der Waals surface area contributed by atoms with Gasteiger partial charge in [-0.15, -0.1) is 0 Å². The van der Waals surface area contributed by atoms with Crippen LogP contribution in [-0.4, -0.2) is 61.1 Å². The second-order valence-electron chi connectivity index (χ2n) is 3.95. The molecule has 0 aliphatic carbocycles. The van der Waals surface area contributed by atoms with Crippen molar-refractivity contribution < 1.29 is 12.7 Å². The quantitative estimate of drug-likeness (QED) is 0.581. The molecule has 0 amide bonds. The van der Waals surface area contributed by atoms with E-state index in [2.05, 4.69) is 9.60 Å². The third kappa shape index (κ3) is 8.48. The monoisotopic (exact) mass is 405 g/mol. The number of allylic oxidation sites excluding steroid dienone is 1. The molecule has 1 N–H and O–H groups in total. The van der Waals surface area contributed by atoms with Gasteiger partial charge in [0, 0.05) is 14.1 Å². The van der Waals surface area contributed by atoms with E-state index in [-0.39, 0.29) is 4.90 Å². The summed E-state index contributed by atoms with van der Waals surface area (Å²) in [7, 11) is 1.27. The SMILES string of the molecule is CN/C=C\[CH]=[Sb+].Cc1ccc(S(=O)(=O)ON(C)C)cc1. The number of hydroxylamine groups is 2. The fraction of sp³-hybridized carbons (Fsp3) is 0.308. The van der Waals surface area contributed by atoms with Gasteiger partial charge in [0.05, 0.1) is 4.90 Å². The molecule has 0 aliphatic rings. The zero-order chi connectivity index (χ0) is 15.6. The fourth-order valence-corrected chi connectivity index (χ4v) is 2.28. The Labute approximate surface area is 134 Å². The molecule has 0 heterocycles. The molecule has 0 aliphatic heterocycles. The molecule has 0 saturated heterocycles. The molecule has 0 aromatic heterocycles. The number of hydrogen-bond acceptors (Lipinski definition) is 5. The Morgan fingerprint density at radius 2 is 1.80 bits per heavy atom. The van der Waals surface area contributed by atoms with Gasteiger partial charge in [0.15, 0.2) is 0 Å². The van der Waals surface area contributed by atoms with Gasteiger partial charge in [-0.25, -0.2) is 0 Å². The molecule has 2 radical (unpaired) electrons. The molecular weight excluding hydrogens is 386 g/mol. The molecule has 7 heteroatoms. The summed E-state index contributed by atoms with van der Waals surface area (Å²) < 4.78 is 29.7. The van der Waals surface area contributed by atoms with Crippen molar-refractivity contribution in [2.75, 3.05) is 21.1 Å². The molecule has 0 atom stereocenters. The minimum atomic E-state index is -3.65. The third-order valence-electron chi connectivity index (χ3n) is 1.91. The van der Waals surface area contributed by atoms with Gasteiger partial charge >= 0.3 is 61.3 Å². The van der Waals surface area contributed by atoms with E-state index in [9.17, 15) is 8.42 Å². The summed E-state index contributed by atoms with van der Waals surface area (Å²) in [6.45, 7) is 1.89. The molecule has 1 rings (SSSR count). The minimum absolute atomic E-state index is 0.164. The van der Waals surface area contributed by atoms with Crippen LogP contribution < -0.4 is 5.32 Å². The Morgan fingerprint density at radius 3 is 2.15 bits per heavy atom. The number of hydrogen-bond donors (Lipinski definition) is 1. The largest absolute Gasteiger partial charge is 0.313 e. The van der Waals surface area contributed by atoms with Gasteiger partial charge in [0.1, 0.15) is 0 Å². The van der Waals surface area contributed by atoms with E-state index in [0.717, 1.165) is 10.6 Å². The summed E-state index contributed by atoms with van der Waals surface area (Å²) in [4.78, 5) is 0.164. The van der Waals surface area contributed by atoms with Crippen LogP contribution in [-0.2, 0) is 14.4 Å². The van der Waals surface area contributed by atoms with Crippen molar-refractivity contribution >= 4 is 36.6 Å². The normalized spacial score (nSPS) is 11.1. The minimum Gasteiger partial charge on any atom is -0.192 e. The van der Waals surface area contributed by atoms with Crippen molar-refractivity contribution in [2.45, 2.75) is 11.8 Å². The van der Waals surface area contributed by atoms with Crippen LogP contribution in [0.25, 0.3) is 0 Å². The molecule has 1 aromatic rings. The van der Waals surface area contributed by atoms with Gasteiger partial charge in [-0.1, -0.05) is 17.7 Å². The average molecular weight is 406 g/mol. The first-order valence-electron chi connectivity index (χ1n) is 5.82. The Morgan fingerprint density at radius 1 is 1.25 bits per heavy atom. The van der Waals surface area contributed by atoms with Crippen LogP contribution in [0.3, 0.4) is 0 Å². The van der Waals surface area contributed by atoms with Crippen LogP contribution in [0.5, 0.6) is 0 Å². The first kappa shape index (κ1) is 19.3. The zero-order valence-corrected chi connectivity index (χ0v) is 15.4.